The monoisotopic (exact) mass is 494 g/mol. The molecule has 0 bridgehead atoms. The van der Waals surface area contributed by atoms with Gasteiger partial charge in [-0.3, -0.25) is 4.79 Å². The summed E-state index contributed by atoms with van der Waals surface area (Å²) >= 11 is 8.36. The molecule has 0 aliphatic rings. The van der Waals surface area contributed by atoms with Crippen LogP contribution in [0.3, 0.4) is 0 Å². The minimum atomic E-state index is -0.0949. The third-order valence-corrected chi connectivity index (χ3v) is 6.74. The van der Waals surface area contributed by atoms with Gasteiger partial charge in [-0.05, 0) is 67.2 Å². The van der Waals surface area contributed by atoms with Crippen molar-refractivity contribution < 1.29 is 9.53 Å². The number of nitrogens with one attached hydrogen (secondary N) is 3. The van der Waals surface area contributed by atoms with E-state index in [-0.39, 0.29) is 11.7 Å². The molecule has 3 N–H and O–H groups in total. The molecule has 4 aromatic rings. The smallest absolute Gasteiger partial charge is 0.236 e. The minimum Gasteiger partial charge on any atom is -0.495 e. The largest absolute Gasteiger partial charge is 0.495 e. The number of fused-ring (bicyclic) bond motifs is 1. The van der Waals surface area contributed by atoms with Gasteiger partial charge in [0, 0.05) is 10.6 Å². The van der Waals surface area contributed by atoms with Gasteiger partial charge >= 0.3 is 0 Å². The van der Waals surface area contributed by atoms with Crippen molar-refractivity contribution >= 4 is 73.1 Å². The van der Waals surface area contributed by atoms with Crippen LogP contribution in [0, 0.1) is 6.92 Å². The molecule has 1 aromatic heterocycles. The predicted octanol–water partition coefficient (Wildman–Crippen LogP) is 6.15. The number of methoxy groups -OCH3 is 1. The van der Waals surface area contributed by atoms with Gasteiger partial charge in [-0.15, -0.1) is 11.8 Å². The number of thiocarbonyl (C=S) groups is 1. The van der Waals surface area contributed by atoms with Crippen LogP contribution in [0.1, 0.15) is 5.56 Å². The molecule has 0 fully saturated rings. The van der Waals surface area contributed by atoms with Gasteiger partial charge in [0.05, 0.1) is 28.8 Å². The number of hydrogen-bond acceptors (Lipinski definition) is 6. The van der Waals surface area contributed by atoms with Crippen LogP contribution < -0.4 is 20.7 Å². The highest BCUT2D eigenvalue weighted by molar-refractivity contribution is 8.00. The molecule has 0 aliphatic carbocycles. The molecule has 1 amide bonds. The summed E-state index contributed by atoms with van der Waals surface area (Å²) in [6.07, 6.45) is 0. The maximum Gasteiger partial charge on any atom is 0.236 e. The quantitative estimate of drug-likeness (QED) is 0.210. The predicted molar refractivity (Wildman–Crippen MR) is 143 cm³/mol. The average Bonchev–Trinajstić information content (AvgIpc) is 3.19. The van der Waals surface area contributed by atoms with Crippen molar-refractivity contribution in [3.8, 4) is 5.75 Å². The highest BCUT2D eigenvalue weighted by Gasteiger charge is 2.10. The van der Waals surface area contributed by atoms with E-state index in [2.05, 4.69) is 27.0 Å². The second kappa shape index (κ2) is 10.7. The summed E-state index contributed by atoms with van der Waals surface area (Å²) in [5, 5.41) is 10.3. The first-order valence-electron chi connectivity index (χ1n) is 10.1. The van der Waals surface area contributed by atoms with Gasteiger partial charge in [0.25, 0.3) is 0 Å². The number of anilines is 3. The van der Waals surface area contributed by atoms with Crippen molar-refractivity contribution in [3.05, 3.63) is 72.3 Å². The van der Waals surface area contributed by atoms with Crippen LogP contribution in [0.4, 0.5) is 16.5 Å². The molecule has 6 nitrogen and oxygen atoms in total. The van der Waals surface area contributed by atoms with Crippen LogP contribution in [-0.4, -0.2) is 28.9 Å². The number of nitrogens with zero attached hydrogens (tertiary/aromatic N) is 1. The second-order valence-corrected chi connectivity index (χ2v) is 9.62. The lowest BCUT2D eigenvalue weighted by Crippen LogP contribution is -2.19. The number of para-hydroxylation sites is 2. The molecule has 168 valence electrons. The van der Waals surface area contributed by atoms with Gasteiger partial charge in [-0.25, -0.2) is 4.98 Å². The lowest BCUT2D eigenvalue weighted by Gasteiger charge is -2.13. The van der Waals surface area contributed by atoms with Crippen molar-refractivity contribution in [3.63, 3.8) is 0 Å². The molecule has 0 saturated carbocycles. The van der Waals surface area contributed by atoms with E-state index in [0.717, 1.165) is 26.5 Å². The van der Waals surface area contributed by atoms with E-state index in [1.165, 1.54) is 28.7 Å². The zero-order chi connectivity index (χ0) is 23.2. The Morgan fingerprint density at radius 3 is 2.76 bits per heavy atom. The highest BCUT2D eigenvalue weighted by atomic mass is 32.2. The number of amides is 1. The van der Waals surface area contributed by atoms with Crippen molar-refractivity contribution in [1.29, 1.82) is 0 Å². The first kappa shape index (κ1) is 23.0. The Hall–Kier alpha value is -3.14. The fraction of sp³-hybridized carbons (Fsp3) is 0.125. The van der Waals surface area contributed by atoms with Crippen molar-refractivity contribution in [2.45, 2.75) is 11.8 Å². The Kier molecular flexibility index (Phi) is 7.43. The van der Waals surface area contributed by atoms with E-state index in [1.54, 1.807) is 7.11 Å². The normalized spacial score (nSPS) is 10.6. The molecule has 4 rings (SSSR count). The van der Waals surface area contributed by atoms with E-state index in [0.29, 0.717) is 16.0 Å². The van der Waals surface area contributed by atoms with Gasteiger partial charge in [0.15, 0.2) is 10.2 Å². The summed E-state index contributed by atoms with van der Waals surface area (Å²) in [4.78, 5) is 17.9. The van der Waals surface area contributed by atoms with Gasteiger partial charge in [0.1, 0.15) is 5.75 Å². The molecular formula is C24H22N4O2S3. The van der Waals surface area contributed by atoms with Gasteiger partial charge in [0.2, 0.25) is 5.91 Å². The van der Waals surface area contributed by atoms with Crippen LogP contribution in [0.15, 0.2) is 71.6 Å². The van der Waals surface area contributed by atoms with Gasteiger partial charge in [-0.1, -0.05) is 35.6 Å². The highest BCUT2D eigenvalue weighted by Crippen LogP contribution is 2.28. The summed E-state index contributed by atoms with van der Waals surface area (Å²) in [7, 11) is 1.62. The van der Waals surface area contributed by atoms with E-state index < -0.39 is 0 Å². The van der Waals surface area contributed by atoms with E-state index in [1.807, 2.05) is 67.6 Å². The number of rotatable bonds is 7. The van der Waals surface area contributed by atoms with E-state index in [9.17, 15) is 4.79 Å². The van der Waals surface area contributed by atoms with Crippen LogP contribution in [0.2, 0.25) is 0 Å². The first-order valence-corrected chi connectivity index (χ1v) is 12.3. The topological polar surface area (TPSA) is 75.3 Å². The summed E-state index contributed by atoms with van der Waals surface area (Å²) in [5.41, 5.74) is 3.68. The molecule has 1 heterocycles. The molecule has 0 radical (unpaired) electrons. The number of hydrogen-bond donors (Lipinski definition) is 3. The first-order chi connectivity index (χ1) is 16.0. The lowest BCUT2D eigenvalue weighted by molar-refractivity contribution is -0.113. The van der Waals surface area contributed by atoms with E-state index >= 15 is 0 Å². The number of ether oxygens (including phenoxy) is 1. The maximum absolute atomic E-state index is 12.4. The fourth-order valence-corrected chi connectivity index (χ4v) is 5.05. The lowest BCUT2D eigenvalue weighted by atomic mass is 10.2. The van der Waals surface area contributed by atoms with Gasteiger partial charge in [-0.2, -0.15) is 0 Å². The number of benzene rings is 3. The van der Waals surface area contributed by atoms with Crippen molar-refractivity contribution in [1.82, 2.24) is 4.98 Å². The number of carbonyl (C=O) groups is 1. The Morgan fingerprint density at radius 1 is 1.06 bits per heavy atom. The molecular weight excluding hydrogens is 472 g/mol. The number of aromatic nitrogens is 1. The minimum absolute atomic E-state index is 0.0949. The Balaban J connectivity index is 1.31. The van der Waals surface area contributed by atoms with Gasteiger partial charge < -0.3 is 20.7 Å². The summed E-state index contributed by atoms with van der Waals surface area (Å²) in [5.74, 6) is 0.894. The van der Waals surface area contributed by atoms with Crippen LogP contribution in [-0.2, 0) is 4.79 Å². The zero-order valence-corrected chi connectivity index (χ0v) is 20.5. The number of carbonyl (C=O) groups excluding carboxylic acids is 1. The molecule has 0 unspecified atom stereocenters. The Labute approximate surface area is 205 Å². The second-order valence-electron chi connectivity index (χ2n) is 7.13. The third-order valence-electron chi connectivity index (χ3n) is 4.61. The summed E-state index contributed by atoms with van der Waals surface area (Å²) in [6, 6.07) is 21.4. The molecule has 0 saturated heterocycles. The molecule has 3 aromatic carbocycles. The molecule has 0 aliphatic heterocycles. The van der Waals surface area contributed by atoms with Crippen molar-refractivity contribution in [2.24, 2.45) is 0 Å². The molecule has 9 heteroatoms. The van der Waals surface area contributed by atoms with Crippen LogP contribution >= 0.6 is 35.3 Å². The molecule has 0 atom stereocenters. The Morgan fingerprint density at radius 2 is 1.91 bits per heavy atom. The standard InChI is InChI=1S/C24H22N4O2S3/c1-15-10-11-19-21(12-15)33-24(27-19)28-22(29)14-32-17-7-5-6-16(13-17)25-23(31)26-18-8-3-4-9-20(18)30-2/h3-13H,14H2,1-2H3,(H2,25,26,31)(H,27,28,29). The molecule has 33 heavy (non-hydrogen) atoms. The van der Waals surface area contributed by atoms with Crippen LogP contribution in [0.5, 0.6) is 5.75 Å². The summed E-state index contributed by atoms with van der Waals surface area (Å²) in [6.45, 7) is 2.04. The fourth-order valence-electron chi connectivity index (χ4n) is 3.09. The average molecular weight is 495 g/mol. The van der Waals surface area contributed by atoms with Crippen molar-refractivity contribution in [2.75, 3.05) is 28.8 Å². The van der Waals surface area contributed by atoms with Crippen LogP contribution in [0.25, 0.3) is 10.2 Å². The number of thiazole rings is 1. The zero-order valence-electron chi connectivity index (χ0n) is 18.0. The Bertz CT molecular complexity index is 1310. The third kappa shape index (κ3) is 6.22. The van der Waals surface area contributed by atoms with E-state index in [4.69, 9.17) is 17.0 Å². The maximum atomic E-state index is 12.4. The number of thioether (sulfide) groups is 1. The summed E-state index contributed by atoms with van der Waals surface area (Å²) < 4.78 is 6.40. The SMILES string of the molecule is COc1ccccc1NC(=S)Nc1cccc(SCC(=O)Nc2nc3ccc(C)cc3s2)c1. The number of aryl methyl sites for hydroxylation is 1. The molecule has 0 spiro atoms.